The molecule has 0 radical (unpaired) electrons. The molecular formula is C28H28N2O3. The van der Waals surface area contributed by atoms with Crippen LogP contribution in [0.25, 0.3) is 0 Å². The monoisotopic (exact) mass is 440 g/mol. The summed E-state index contributed by atoms with van der Waals surface area (Å²) in [6.45, 7) is 1.17. The highest BCUT2D eigenvalue weighted by molar-refractivity contribution is 5.67. The van der Waals surface area contributed by atoms with Crippen LogP contribution < -0.4 is 4.74 Å². The third kappa shape index (κ3) is 6.32. The molecule has 4 aromatic rings. The van der Waals surface area contributed by atoms with E-state index in [2.05, 4.69) is 53.6 Å². The molecule has 1 N–H and O–H groups in total. The summed E-state index contributed by atoms with van der Waals surface area (Å²) in [7, 11) is 0. The van der Waals surface area contributed by atoms with Gasteiger partial charge in [0.1, 0.15) is 5.75 Å². The van der Waals surface area contributed by atoms with E-state index in [0.717, 1.165) is 23.3 Å². The molecule has 33 heavy (non-hydrogen) atoms. The van der Waals surface area contributed by atoms with Gasteiger partial charge in [0.25, 0.3) is 0 Å². The van der Waals surface area contributed by atoms with Crippen LogP contribution in [0.5, 0.6) is 5.75 Å². The van der Waals surface area contributed by atoms with Crippen LogP contribution in [-0.4, -0.2) is 27.5 Å². The van der Waals surface area contributed by atoms with Gasteiger partial charge in [-0.1, -0.05) is 72.8 Å². The van der Waals surface area contributed by atoms with Gasteiger partial charge in [-0.05, 0) is 47.2 Å². The van der Waals surface area contributed by atoms with E-state index in [9.17, 15) is 4.79 Å². The van der Waals surface area contributed by atoms with E-state index >= 15 is 0 Å². The smallest absolute Gasteiger partial charge is 0.303 e. The van der Waals surface area contributed by atoms with Gasteiger partial charge in [-0.3, -0.25) is 9.48 Å². The highest BCUT2D eigenvalue weighted by atomic mass is 16.5. The first-order valence-corrected chi connectivity index (χ1v) is 11.2. The van der Waals surface area contributed by atoms with E-state index in [-0.39, 0.29) is 12.3 Å². The Kier molecular flexibility index (Phi) is 7.54. The molecule has 0 bridgehead atoms. The van der Waals surface area contributed by atoms with Crippen molar-refractivity contribution in [3.8, 4) is 5.75 Å². The van der Waals surface area contributed by atoms with Gasteiger partial charge in [0.2, 0.25) is 0 Å². The number of aryl methyl sites for hydroxylation is 1. The average Bonchev–Trinajstić information content (AvgIpc) is 3.35. The molecule has 0 atom stereocenters. The summed E-state index contributed by atoms with van der Waals surface area (Å²) in [6, 6.07) is 28.8. The van der Waals surface area contributed by atoms with Gasteiger partial charge >= 0.3 is 5.97 Å². The molecular weight excluding hydrogens is 412 g/mol. The van der Waals surface area contributed by atoms with E-state index in [1.54, 1.807) is 6.20 Å². The lowest BCUT2D eigenvalue weighted by Gasteiger charge is -2.19. The first-order chi connectivity index (χ1) is 16.2. The molecule has 0 saturated carbocycles. The van der Waals surface area contributed by atoms with Crippen molar-refractivity contribution in [3.05, 3.63) is 120 Å². The molecule has 4 rings (SSSR count). The van der Waals surface area contributed by atoms with Crippen LogP contribution in [0.4, 0.5) is 0 Å². The maximum absolute atomic E-state index is 11.1. The van der Waals surface area contributed by atoms with Gasteiger partial charge in [0.05, 0.1) is 13.2 Å². The average molecular weight is 441 g/mol. The van der Waals surface area contributed by atoms with Gasteiger partial charge in [-0.2, -0.15) is 5.10 Å². The van der Waals surface area contributed by atoms with Crippen LogP contribution in [-0.2, 0) is 17.8 Å². The number of carboxylic acids is 1. The fraction of sp³-hybridized carbons (Fsp3) is 0.214. The van der Waals surface area contributed by atoms with Crippen LogP contribution in [0.2, 0.25) is 0 Å². The molecule has 0 aliphatic heterocycles. The van der Waals surface area contributed by atoms with Crippen molar-refractivity contribution in [1.29, 1.82) is 0 Å². The van der Waals surface area contributed by atoms with E-state index in [4.69, 9.17) is 9.84 Å². The number of aliphatic carboxylic acids is 1. The highest BCUT2D eigenvalue weighted by Crippen LogP contribution is 2.29. The summed E-state index contributed by atoms with van der Waals surface area (Å²) in [5.74, 6) is 0.165. The van der Waals surface area contributed by atoms with Gasteiger partial charge in [0, 0.05) is 24.7 Å². The summed E-state index contributed by atoms with van der Waals surface area (Å²) in [6.07, 6.45) is 5.00. The lowest BCUT2D eigenvalue weighted by molar-refractivity contribution is -0.136. The summed E-state index contributed by atoms with van der Waals surface area (Å²) in [4.78, 5) is 11.1. The molecule has 0 unspecified atom stereocenters. The number of ether oxygens (including phenoxy) is 1. The molecule has 5 heteroatoms. The highest BCUT2D eigenvalue weighted by Gasteiger charge is 2.15. The fourth-order valence-electron chi connectivity index (χ4n) is 4.04. The molecule has 0 amide bonds. The predicted octanol–water partition coefficient (Wildman–Crippen LogP) is 5.55. The van der Waals surface area contributed by atoms with Crippen molar-refractivity contribution in [2.45, 2.75) is 31.7 Å². The number of hydrogen-bond donors (Lipinski definition) is 1. The summed E-state index contributed by atoms with van der Waals surface area (Å²) in [5, 5.41) is 13.4. The Balaban J connectivity index is 1.51. The van der Waals surface area contributed by atoms with Crippen LogP contribution >= 0.6 is 0 Å². The lowest BCUT2D eigenvalue weighted by Crippen LogP contribution is -2.09. The van der Waals surface area contributed by atoms with Crippen molar-refractivity contribution >= 4 is 5.97 Å². The summed E-state index contributed by atoms with van der Waals surface area (Å²) >= 11 is 0. The molecule has 0 saturated heterocycles. The SMILES string of the molecule is O=C(O)CCc1ccc(Cn2cccn2)cc1OCCC(c1ccccc1)c1ccccc1. The second kappa shape index (κ2) is 11.1. The third-order valence-electron chi connectivity index (χ3n) is 5.71. The molecule has 5 nitrogen and oxygen atoms in total. The zero-order chi connectivity index (χ0) is 22.9. The molecule has 0 fully saturated rings. The normalized spacial score (nSPS) is 10.9. The van der Waals surface area contributed by atoms with Gasteiger partial charge in [-0.15, -0.1) is 0 Å². The van der Waals surface area contributed by atoms with E-state index in [1.165, 1.54) is 11.1 Å². The molecule has 0 spiro atoms. The molecule has 0 aliphatic rings. The van der Waals surface area contributed by atoms with E-state index in [1.807, 2.05) is 47.3 Å². The molecule has 1 heterocycles. The predicted molar refractivity (Wildman–Crippen MR) is 129 cm³/mol. The maximum atomic E-state index is 11.1. The molecule has 1 aromatic heterocycles. The zero-order valence-electron chi connectivity index (χ0n) is 18.5. The number of nitrogens with zero attached hydrogens (tertiary/aromatic N) is 2. The second-order valence-electron chi connectivity index (χ2n) is 8.05. The first-order valence-electron chi connectivity index (χ1n) is 11.2. The maximum Gasteiger partial charge on any atom is 0.303 e. The topological polar surface area (TPSA) is 64.3 Å². The standard InChI is InChI=1S/C28H28N2O3/c31-28(32)15-14-25-13-12-22(21-30-18-7-17-29-30)20-27(25)33-19-16-26(23-8-3-1-4-9-23)24-10-5-2-6-11-24/h1-13,17-18,20,26H,14-16,19,21H2,(H,31,32). The van der Waals surface area contributed by atoms with Crippen LogP contribution in [0.3, 0.4) is 0 Å². The van der Waals surface area contributed by atoms with Crippen molar-refractivity contribution in [3.63, 3.8) is 0 Å². The van der Waals surface area contributed by atoms with Crippen molar-refractivity contribution in [2.24, 2.45) is 0 Å². The second-order valence-corrected chi connectivity index (χ2v) is 8.05. The van der Waals surface area contributed by atoms with Crippen LogP contribution in [0.1, 0.15) is 41.0 Å². The fourth-order valence-corrected chi connectivity index (χ4v) is 4.04. The number of benzene rings is 3. The van der Waals surface area contributed by atoms with Gasteiger partial charge in [0.15, 0.2) is 0 Å². The Morgan fingerprint density at radius 1 is 0.939 bits per heavy atom. The minimum atomic E-state index is -0.810. The molecule has 0 aliphatic carbocycles. The number of carboxylic acid groups (broad SMARTS) is 1. The minimum absolute atomic E-state index is 0.0749. The number of rotatable bonds is 11. The molecule has 168 valence electrons. The number of aromatic nitrogens is 2. The zero-order valence-corrected chi connectivity index (χ0v) is 18.5. The Labute approximate surface area is 194 Å². The third-order valence-corrected chi connectivity index (χ3v) is 5.71. The molecule has 3 aromatic carbocycles. The largest absolute Gasteiger partial charge is 0.493 e. The Bertz CT molecular complexity index is 1100. The van der Waals surface area contributed by atoms with E-state index < -0.39 is 5.97 Å². The number of hydrogen-bond acceptors (Lipinski definition) is 3. The Morgan fingerprint density at radius 2 is 1.64 bits per heavy atom. The Morgan fingerprint density at radius 3 is 2.24 bits per heavy atom. The first kappa shape index (κ1) is 22.3. The van der Waals surface area contributed by atoms with Crippen LogP contribution in [0, 0.1) is 0 Å². The van der Waals surface area contributed by atoms with Crippen molar-refractivity contribution in [1.82, 2.24) is 9.78 Å². The summed E-state index contributed by atoms with van der Waals surface area (Å²) < 4.78 is 8.14. The summed E-state index contributed by atoms with van der Waals surface area (Å²) in [5.41, 5.74) is 4.49. The minimum Gasteiger partial charge on any atom is -0.493 e. The van der Waals surface area contributed by atoms with Gasteiger partial charge in [-0.25, -0.2) is 0 Å². The number of carbonyl (C=O) groups is 1. The van der Waals surface area contributed by atoms with Crippen molar-refractivity contribution in [2.75, 3.05) is 6.61 Å². The van der Waals surface area contributed by atoms with Crippen LogP contribution in [0.15, 0.2) is 97.3 Å². The lowest BCUT2D eigenvalue weighted by atomic mass is 9.89. The Hall–Kier alpha value is -3.86. The quantitative estimate of drug-likeness (QED) is 0.332. The van der Waals surface area contributed by atoms with Gasteiger partial charge < -0.3 is 9.84 Å². The van der Waals surface area contributed by atoms with Crippen molar-refractivity contribution < 1.29 is 14.6 Å². The van der Waals surface area contributed by atoms with E-state index in [0.29, 0.717) is 19.6 Å².